The zero-order valence-electron chi connectivity index (χ0n) is 56.6. The Hall–Kier alpha value is -2.18. The van der Waals surface area contributed by atoms with Gasteiger partial charge in [-0.25, -0.2) is 0 Å². The number of unbranched alkanes of at least 4 members (excludes halogenated alkanes) is 54. The second-order valence-corrected chi connectivity index (χ2v) is 26.0. The minimum atomic E-state index is -0.850. The van der Waals surface area contributed by atoms with Gasteiger partial charge in [0.15, 0.2) is 0 Å². The Morgan fingerprint density at radius 1 is 0.333 bits per heavy atom. The van der Waals surface area contributed by atoms with Crippen molar-refractivity contribution in [3.05, 3.63) is 48.6 Å². The molecule has 0 spiro atoms. The molecule has 0 rings (SSSR count). The zero-order chi connectivity index (χ0) is 60.6. The van der Waals surface area contributed by atoms with Crippen molar-refractivity contribution in [2.45, 2.75) is 424 Å². The number of esters is 1. The summed E-state index contributed by atoms with van der Waals surface area (Å²) in [6, 6.07) is -0.634. The lowest BCUT2D eigenvalue weighted by Crippen LogP contribution is -2.45. The lowest BCUT2D eigenvalue weighted by atomic mass is 10.0. The number of hydrogen-bond acceptors (Lipinski definition) is 5. The highest BCUT2D eigenvalue weighted by atomic mass is 16.5. The molecule has 0 saturated carbocycles. The quantitative estimate of drug-likeness (QED) is 0.0320. The fourth-order valence-electron chi connectivity index (χ4n) is 11.8. The molecular weight excluding hydrogens is 1030 g/mol. The van der Waals surface area contributed by atoms with Crippen molar-refractivity contribution in [3.63, 3.8) is 0 Å². The second-order valence-electron chi connectivity index (χ2n) is 26.0. The molecule has 1 amide bonds. The normalized spacial score (nSPS) is 12.8. The van der Waals surface area contributed by atoms with Gasteiger partial charge in [0.25, 0.3) is 0 Å². The molecular formula is C78H147NO5. The van der Waals surface area contributed by atoms with Crippen molar-refractivity contribution in [1.82, 2.24) is 5.32 Å². The number of aliphatic hydroxyl groups is 2. The maximum Gasteiger partial charge on any atom is 0.305 e. The van der Waals surface area contributed by atoms with Gasteiger partial charge >= 0.3 is 5.97 Å². The Bertz CT molecular complexity index is 1400. The summed E-state index contributed by atoms with van der Waals surface area (Å²) in [5, 5.41) is 23.3. The van der Waals surface area contributed by atoms with Crippen LogP contribution >= 0.6 is 0 Å². The van der Waals surface area contributed by atoms with E-state index in [9.17, 15) is 19.8 Å². The number of aliphatic hydroxyl groups excluding tert-OH is 2. The van der Waals surface area contributed by atoms with Crippen LogP contribution in [0.25, 0.3) is 0 Å². The summed E-state index contributed by atoms with van der Waals surface area (Å²) < 4.78 is 5.50. The Morgan fingerprint density at radius 2 is 0.595 bits per heavy atom. The van der Waals surface area contributed by atoms with Crippen molar-refractivity contribution < 1.29 is 24.5 Å². The number of carbonyl (C=O) groups is 2. The molecule has 3 N–H and O–H groups in total. The Morgan fingerprint density at radius 3 is 0.929 bits per heavy atom. The fraction of sp³-hybridized carbons (Fsp3) is 0.872. The van der Waals surface area contributed by atoms with Crippen LogP contribution in [0.4, 0.5) is 0 Å². The molecule has 0 aliphatic heterocycles. The van der Waals surface area contributed by atoms with Gasteiger partial charge in [-0.05, 0) is 89.9 Å². The largest absolute Gasteiger partial charge is 0.466 e. The van der Waals surface area contributed by atoms with Crippen LogP contribution < -0.4 is 5.32 Å². The van der Waals surface area contributed by atoms with Crippen molar-refractivity contribution >= 4 is 11.9 Å². The number of hydrogen-bond donors (Lipinski definition) is 3. The maximum atomic E-state index is 12.5. The van der Waals surface area contributed by atoms with Gasteiger partial charge in [-0.3, -0.25) is 9.59 Å². The Balaban J connectivity index is 3.43. The van der Waals surface area contributed by atoms with Crippen LogP contribution in [-0.4, -0.2) is 47.4 Å². The Labute approximate surface area is 525 Å². The van der Waals surface area contributed by atoms with Gasteiger partial charge < -0.3 is 20.3 Å². The minimum Gasteiger partial charge on any atom is -0.466 e. The fourth-order valence-corrected chi connectivity index (χ4v) is 11.8. The number of allylic oxidation sites excluding steroid dienone is 7. The van der Waals surface area contributed by atoms with E-state index in [0.717, 1.165) is 51.4 Å². The van der Waals surface area contributed by atoms with Crippen LogP contribution in [0.1, 0.15) is 412 Å². The molecule has 0 aromatic rings. The van der Waals surface area contributed by atoms with Crippen molar-refractivity contribution in [2.24, 2.45) is 0 Å². The number of rotatable bonds is 71. The summed E-state index contributed by atoms with van der Waals surface area (Å²) in [4.78, 5) is 24.7. The first kappa shape index (κ1) is 81.8. The monoisotopic (exact) mass is 1180 g/mol. The predicted molar refractivity (Wildman–Crippen MR) is 370 cm³/mol. The van der Waals surface area contributed by atoms with E-state index in [2.05, 4.69) is 55.6 Å². The SMILES string of the molecule is CCCCCC/C=C\C/C=C\CCCCCCCCCC(=O)OCCCCCCCCCCCCCC/C=C\CCCCCCCCCCC(=O)NC(CO)C(O)/C=C/CCCCCCCCCCCCCCCCCCCCCCCCC. The van der Waals surface area contributed by atoms with Gasteiger partial charge in [-0.2, -0.15) is 0 Å². The highest BCUT2D eigenvalue weighted by molar-refractivity contribution is 5.76. The average Bonchev–Trinajstić information content (AvgIpc) is 3.51. The third kappa shape index (κ3) is 68.9. The molecule has 6 heteroatoms. The number of nitrogens with one attached hydrogen (secondary N) is 1. The zero-order valence-corrected chi connectivity index (χ0v) is 56.6. The predicted octanol–water partition coefficient (Wildman–Crippen LogP) is 24.8. The molecule has 0 heterocycles. The highest BCUT2D eigenvalue weighted by Gasteiger charge is 2.18. The maximum absolute atomic E-state index is 12.5. The lowest BCUT2D eigenvalue weighted by molar-refractivity contribution is -0.143. The smallest absolute Gasteiger partial charge is 0.305 e. The van der Waals surface area contributed by atoms with Gasteiger partial charge in [0.05, 0.1) is 25.4 Å². The van der Waals surface area contributed by atoms with E-state index in [-0.39, 0.29) is 18.5 Å². The summed E-state index contributed by atoms with van der Waals surface area (Å²) in [5.74, 6) is -0.0633. The first-order valence-corrected chi connectivity index (χ1v) is 37.9. The number of ether oxygens (including phenoxy) is 1. The van der Waals surface area contributed by atoms with E-state index >= 15 is 0 Å². The standard InChI is InChI=1S/C78H147NO5/c1-3-5-7-9-11-13-15-17-19-21-23-24-25-26-29-32-35-38-42-46-50-54-58-62-66-70-76(81)75(74-80)79-77(82)71-67-63-59-55-51-47-43-39-36-33-30-27-28-31-34-37-41-45-49-53-57-61-65-69-73-84-78(83)72-68-64-60-56-52-48-44-40-22-20-18-16-14-12-10-8-6-4-2/h14,16,20,22,30,33,66,70,75-76,80-81H,3-13,15,17-19,21,23-29,31-32,34-65,67-69,71-74H2,1-2H3,(H,79,82)/b16-14-,22-20-,33-30-,70-66+. The molecule has 0 fully saturated rings. The van der Waals surface area contributed by atoms with Gasteiger partial charge in [0, 0.05) is 12.8 Å². The summed E-state index contributed by atoms with van der Waals surface area (Å²) >= 11 is 0. The van der Waals surface area contributed by atoms with Crippen LogP contribution in [0, 0.1) is 0 Å². The summed E-state index contributed by atoms with van der Waals surface area (Å²) in [7, 11) is 0. The van der Waals surface area contributed by atoms with Crippen LogP contribution in [0.5, 0.6) is 0 Å². The molecule has 0 bridgehead atoms. The summed E-state index contributed by atoms with van der Waals surface area (Å²) in [6.45, 7) is 4.92. The van der Waals surface area contributed by atoms with E-state index in [1.54, 1.807) is 6.08 Å². The lowest BCUT2D eigenvalue weighted by Gasteiger charge is -2.20. The molecule has 2 atom stereocenters. The Kier molecular flexibility index (Phi) is 71.4. The van der Waals surface area contributed by atoms with E-state index in [0.29, 0.717) is 19.4 Å². The van der Waals surface area contributed by atoms with Crippen molar-refractivity contribution in [2.75, 3.05) is 13.2 Å². The van der Waals surface area contributed by atoms with Crippen LogP contribution in [0.2, 0.25) is 0 Å². The van der Waals surface area contributed by atoms with Gasteiger partial charge in [0.2, 0.25) is 5.91 Å². The molecule has 0 aromatic heterocycles. The molecule has 494 valence electrons. The molecule has 0 aliphatic carbocycles. The molecule has 0 radical (unpaired) electrons. The molecule has 2 unspecified atom stereocenters. The minimum absolute atomic E-state index is 0.00525. The average molecular weight is 1180 g/mol. The van der Waals surface area contributed by atoms with E-state index in [1.165, 1.54) is 334 Å². The summed E-state index contributed by atoms with van der Waals surface area (Å²) in [5.41, 5.74) is 0. The molecule has 0 aromatic carbocycles. The van der Waals surface area contributed by atoms with Gasteiger partial charge in [-0.15, -0.1) is 0 Å². The first-order valence-electron chi connectivity index (χ1n) is 37.9. The van der Waals surface area contributed by atoms with E-state index < -0.39 is 12.1 Å². The van der Waals surface area contributed by atoms with Crippen LogP contribution in [-0.2, 0) is 14.3 Å². The third-order valence-corrected chi connectivity index (χ3v) is 17.6. The molecule has 84 heavy (non-hydrogen) atoms. The molecule has 0 aliphatic rings. The molecule has 6 nitrogen and oxygen atoms in total. The van der Waals surface area contributed by atoms with E-state index in [4.69, 9.17) is 4.74 Å². The van der Waals surface area contributed by atoms with Gasteiger partial charge in [0.1, 0.15) is 0 Å². The number of carbonyl (C=O) groups excluding carboxylic acids is 2. The van der Waals surface area contributed by atoms with Gasteiger partial charge in [-0.1, -0.05) is 358 Å². The summed E-state index contributed by atoms with van der Waals surface area (Å²) in [6.07, 6.45) is 96.3. The second kappa shape index (κ2) is 73.3. The third-order valence-electron chi connectivity index (χ3n) is 17.6. The molecule has 0 saturated heterocycles. The van der Waals surface area contributed by atoms with Crippen molar-refractivity contribution in [1.29, 1.82) is 0 Å². The first-order chi connectivity index (χ1) is 41.5. The van der Waals surface area contributed by atoms with Crippen LogP contribution in [0.3, 0.4) is 0 Å². The number of amides is 1. The highest BCUT2D eigenvalue weighted by Crippen LogP contribution is 2.19. The van der Waals surface area contributed by atoms with Crippen molar-refractivity contribution in [3.8, 4) is 0 Å². The topological polar surface area (TPSA) is 95.9 Å². The van der Waals surface area contributed by atoms with Crippen LogP contribution in [0.15, 0.2) is 48.6 Å². The van der Waals surface area contributed by atoms with E-state index in [1.807, 2.05) is 6.08 Å².